The third-order valence-corrected chi connectivity index (χ3v) is 1.93. The fraction of sp³-hybridized carbons (Fsp3) is 0.400. The van der Waals surface area contributed by atoms with Gasteiger partial charge in [-0.25, -0.2) is 0 Å². The smallest absolute Gasteiger partial charge is 0.224 e. The summed E-state index contributed by atoms with van der Waals surface area (Å²) in [5.41, 5.74) is 2.76. The maximum atomic E-state index is 11.1. The van der Waals surface area contributed by atoms with Crippen LogP contribution < -0.4 is 5.32 Å². The number of nitrogens with zero attached hydrogens (tertiary/aromatic N) is 1. The lowest BCUT2D eigenvalue weighted by Crippen LogP contribution is -2.12. The molecule has 0 spiro atoms. The highest BCUT2D eigenvalue weighted by atomic mass is 16.1. The number of rotatable bonds is 2. The van der Waals surface area contributed by atoms with Crippen LogP contribution in [0.1, 0.15) is 24.6 Å². The molecule has 3 heteroatoms. The molecular weight excluding hydrogens is 164 g/mol. The SMILES string of the molecule is CCC(=O)Nc1c(C)ccnc1C. The first kappa shape index (κ1) is 9.71. The van der Waals surface area contributed by atoms with Crippen LogP contribution in [0.5, 0.6) is 0 Å². The Balaban J connectivity index is 2.93. The first-order valence-electron chi connectivity index (χ1n) is 4.37. The number of hydrogen-bond acceptors (Lipinski definition) is 2. The summed E-state index contributed by atoms with van der Waals surface area (Å²) >= 11 is 0. The summed E-state index contributed by atoms with van der Waals surface area (Å²) in [6.45, 7) is 5.68. The van der Waals surface area contributed by atoms with Crippen molar-refractivity contribution in [1.29, 1.82) is 0 Å². The number of carbonyl (C=O) groups is 1. The summed E-state index contributed by atoms with van der Waals surface area (Å²) in [6.07, 6.45) is 2.24. The molecular formula is C10H14N2O. The summed E-state index contributed by atoms with van der Waals surface area (Å²) in [7, 11) is 0. The maximum absolute atomic E-state index is 11.1. The lowest BCUT2D eigenvalue weighted by Gasteiger charge is -2.09. The van der Waals surface area contributed by atoms with Gasteiger partial charge < -0.3 is 5.32 Å². The zero-order chi connectivity index (χ0) is 9.84. The van der Waals surface area contributed by atoms with Crippen LogP contribution in [0.4, 0.5) is 5.69 Å². The Morgan fingerprint density at radius 3 is 2.77 bits per heavy atom. The minimum absolute atomic E-state index is 0.0270. The van der Waals surface area contributed by atoms with E-state index in [9.17, 15) is 4.79 Å². The van der Waals surface area contributed by atoms with E-state index in [2.05, 4.69) is 10.3 Å². The van der Waals surface area contributed by atoms with Crippen LogP contribution in [-0.2, 0) is 4.79 Å². The molecule has 1 aromatic heterocycles. The standard InChI is InChI=1S/C10H14N2O/c1-4-9(13)12-10-7(2)5-6-11-8(10)3/h5-6H,4H2,1-3H3,(H,12,13). The predicted molar refractivity (Wildman–Crippen MR) is 52.6 cm³/mol. The molecule has 0 aliphatic carbocycles. The molecule has 0 aromatic carbocycles. The van der Waals surface area contributed by atoms with Crippen molar-refractivity contribution >= 4 is 11.6 Å². The van der Waals surface area contributed by atoms with Crippen molar-refractivity contribution < 1.29 is 4.79 Å². The third kappa shape index (κ3) is 2.28. The van der Waals surface area contributed by atoms with Gasteiger partial charge in [0.05, 0.1) is 11.4 Å². The van der Waals surface area contributed by atoms with Gasteiger partial charge in [-0.15, -0.1) is 0 Å². The normalized spacial score (nSPS) is 9.77. The van der Waals surface area contributed by atoms with E-state index < -0.39 is 0 Å². The predicted octanol–water partition coefficient (Wildman–Crippen LogP) is 2.05. The molecule has 0 bridgehead atoms. The van der Waals surface area contributed by atoms with Gasteiger partial charge in [0, 0.05) is 12.6 Å². The second kappa shape index (κ2) is 4.03. The van der Waals surface area contributed by atoms with Gasteiger partial charge in [-0.3, -0.25) is 9.78 Å². The molecule has 0 saturated carbocycles. The summed E-state index contributed by atoms with van der Waals surface area (Å²) in [5, 5.41) is 2.83. The quantitative estimate of drug-likeness (QED) is 0.753. The Kier molecular flexibility index (Phi) is 3.01. The van der Waals surface area contributed by atoms with Crippen molar-refractivity contribution in [3.8, 4) is 0 Å². The van der Waals surface area contributed by atoms with E-state index in [4.69, 9.17) is 0 Å². The Hall–Kier alpha value is -1.38. The van der Waals surface area contributed by atoms with Gasteiger partial charge in [0.25, 0.3) is 0 Å². The fourth-order valence-corrected chi connectivity index (χ4v) is 1.11. The van der Waals surface area contributed by atoms with Gasteiger partial charge in [0.1, 0.15) is 0 Å². The highest BCUT2D eigenvalue weighted by molar-refractivity contribution is 5.91. The lowest BCUT2D eigenvalue weighted by atomic mass is 10.2. The molecule has 70 valence electrons. The molecule has 0 unspecified atom stereocenters. The summed E-state index contributed by atoms with van der Waals surface area (Å²) in [5.74, 6) is 0.0270. The molecule has 3 nitrogen and oxygen atoms in total. The second-order valence-electron chi connectivity index (χ2n) is 2.99. The number of aromatic nitrogens is 1. The number of amides is 1. The monoisotopic (exact) mass is 178 g/mol. The number of pyridine rings is 1. The minimum Gasteiger partial charge on any atom is -0.324 e. The third-order valence-electron chi connectivity index (χ3n) is 1.93. The molecule has 0 aliphatic heterocycles. The van der Waals surface area contributed by atoms with Crippen LogP contribution in [0.3, 0.4) is 0 Å². The zero-order valence-electron chi connectivity index (χ0n) is 8.22. The first-order valence-corrected chi connectivity index (χ1v) is 4.37. The Labute approximate surface area is 78.2 Å². The molecule has 0 fully saturated rings. The van der Waals surface area contributed by atoms with Gasteiger partial charge in [0.15, 0.2) is 0 Å². The van der Waals surface area contributed by atoms with Crippen LogP contribution in [0, 0.1) is 13.8 Å². The van der Waals surface area contributed by atoms with E-state index in [0.717, 1.165) is 16.9 Å². The van der Waals surface area contributed by atoms with Crippen LogP contribution in [0.2, 0.25) is 0 Å². The van der Waals surface area contributed by atoms with Gasteiger partial charge in [0.2, 0.25) is 5.91 Å². The van der Waals surface area contributed by atoms with Crippen LogP contribution >= 0.6 is 0 Å². The maximum Gasteiger partial charge on any atom is 0.224 e. The molecule has 1 rings (SSSR count). The van der Waals surface area contributed by atoms with Gasteiger partial charge in [-0.2, -0.15) is 0 Å². The first-order chi connectivity index (χ1) is 6.15. The minimum atomic E-state index is 0.0270. The highest BCUT2D eigenvalue weighted by Gasteiger charge is 2.05. The average molecular weight is 178 g/mol. The molecule has 1 aromatic rings. The number of aryl methyl sites for hydroxylation is 2. The second-order valence-corrected chi connectivity index (χ2v) is 2.99. The summed E-state index contributed by atoms with van der Waals surface area (Å²) in [6, 6.07) is 1.89. The van der Waals surface area contributed by atoms with Gasteiger partial charge in [-0.05, 0) is 25.5 Å². The Morgan fingerprint density at radius 1 is 1.54 bits per heavy atom. The molecule has 1 heterocycles. The van der Waals surface area contributed by atoms with Crippen molar-refractivity contribution in [1.82, 2.24) is 4.98 Å². The number of anilines is 1. The van der Waals surface area contributed by atoms with E-state index in [1.54, 1.807) is 6.20 Å². The van der Waals surface area contributed by atoms with Crippen LogP contribution in [0.25, 0.3) is 0 Å². The van der Waals surface area contributed by atoms with E-state index in [-0.39, 0.29) is 5.91 Å². The Bertz CT molecular complexity index is 300. The molecule has 13 heavy (non-hydrogen) atoms. The van der Waals surface area contributed by atoms with E-state index >= 15 is 0 Å². The molecule has 0 aliphatic rings. The molecule has 1 N–H and O–H groups in total. The van der Waals surface area contributed by atoms with Crippen molar-refractivity contribution in [3.05, 3.63) is 23.5 Å². The summed E-state index contributed by atoms with van der Waals surface area (Å²) < 4.78 is 0. The van der Waals surface area contributed by atoms with Crippen molar-refractivity contribution in [2.75, 3.05) is 5.32 Å². The van der Waals surface area contributed by atoms with E-state index in [1.807, 2.05) is 26.8 Å². The molecule has 1 amide bonds. The molecule has 0 atom stereocenters. The van der Waals surface area contributed by atoms with Crippen LogP contribution in [0.15, 0.2) is 12.3 Å². The van der Waals surface area contributed by atoms with E-state index in [0.29, 0.717) is 6.42 Å². The van der Waals surface area contributed by atoms with Gasteiger partial charge in [-0.1, -0.05) is 6.92 Å². The zero-order valence-corrected chi connectivity index (χ0v) is 8.22. The van der Waals surface area contributed by atoms with E-state index in [1.165, 1.54) is 0 Å². The van der Waals surface area contributed by atoms with Crippen molar-refractivity contribution in [2.45, 2.75) is 27.2 Å². The van der Waals surface area contributed by atoms with Crippen LogP contribution in [-0.4, -0.2) is 10.9 Å². The highest BCUT2D eigenvalue weighted by Crippen LogP contribution is 2.16. The van der Waals surface area contributed by atoms with Crippen molar-refractivity contribution in [3.63, 3.8) is 0 Å². The van der Waals surface area contributed by atoms with Gasteiger partial charge >= 0.3 is 0 Å². The molecule has 0 saturated heterocycles. The number of nitrogens with one attached hydrogen (secondary N) is 1. The molecule has 0 radical (unpaired) electrons. The largest absolute Gasteiger partial charge is 0.324 e. The number of hydrogen-bond donors (Lipinski definition) is 1. The fourth-order valence-electron chi connectivity index (χ4n) is 1.11. The number of carbonyl (C=O) groups excluding carboxylic acids is 1. The lowest BCUT2D eigenvalue weighted by molar-refractivity contribution is -0.115. The average Bonchev–Trinajstić information content (AvgIpc) is 2.11. The topological polar surface area (TPSA) is 42.0 Å². The summed E-state index contributed by atoms with van der Waals surface area (Å²) in [4.78, 5) is 15.3. The van der Waals surface area contributed by atoms with Crippen molar-refractivity contribution in [2.24, 2.45) is 0 Å². The Morgan fingerprint density at radius 2 is 2.23 bits per heavy atom.